The highest BCUT2D eigenvalue weighted by Gasteiger charge is 2.42. The summed E-state index contributed by atoms with van der Waals surface area (Å²) in [6.07, 6.45) is 0.838. The van der Waals surface area contributed by atoms with Gasteiger partial charge in [-0.3, -0.25) is 0 Å². The van der Waals surface area contributed by atoms with E-state index in [0.717, 1.165) is 22.5 Å². The van der Waals surface area contributed by atoms with Crippen LogP contribution in [0.3, 0.4) is 0 Å². The van der Waals surface area contributed by atoms with Crippen LogP contribution in [-0.4, -0.2) is 42.6 Å². The van der Waals surface area contributed by atoms with Crippen LogP contribution in [-0.2, 0) is 38.8 Å². The van der Waals surface area contributed by atoms with Gasteiger partial charge in [0.2, 0.25) is 0 Å². The Morgan fingerprint density at radius 3 is 1.79 bits per heavy atom. The molecule has 0 radical (unpaired) electrons. The number of pyridine rings is 1. The molecule has 196 valence electrons. The van der Waals surface area contributed by atoms with Crippen LogP contribution in [0.5, 0.6) is 0 Å². The number of nitrogens with zero attached hydrogens (tertiary/aromatic N) is 1. The molecule has 1 fully saturated rings. The standard InChI is InChI=1S/C32H34N2O4/c1-4-12-25(13-5-1)20-35-24-29-32(38-22-27-16-8-3-9-17-27)31(37-21-26-14-6-2-7-15-26)28(23-36-29)34-30-18-10-11-19-33-30/h1-19,28-29,31-32H,20-24H2,(H,33,34)/t28-,29+,31+,32-/m0/s1. The Kier molecular flexibility index (Phi) is 9.50. The van der Waals surface area contributed by atoms with Gasteiger partial charge in [-0.25, -0.2) is 4.98 Å². The average Bonchev–Trinajstić information content (AvgIpc) is 2.98. The fraction of sp³-hybridized carbons (Fsp3) is 0.281. The van der Waals surface area contributed by atoms with Gasteiger partial charge in [-0.15, -0.1) is 0 Å². The van der Waals surface area contributed by atoms with Crippen molar-refractivity contribution in [2.24, 2.45) is 0 Å². The first-order valence-corrected chi connectivity index (χ1v) is 13.1. The van der Waals surface area contributed by atoms with E-state index in [1.54, 1.807) is 6.20 Å². The van der Waals surface area contributed by atoms with Crippen LogP contribution in [0, 0.1) is 0 Å². The molecule has 0 aliphatic carbocycles. The third kappa shape index (κ3) is 7.49. The lowest BCUT2D eigenvalue weighted by molar-refractivity contribution is -0.201. The summed E-state index contributed by atoms with van der Waals surface area (Å²) in [5.74, 6) is 0.773. The molecule has 0 amide bonds. The Hall–Kier alpha value is -3.55. The van der Waals surface area contributed by atoms with Crippen molar-refractivity contribution in [1.82, 2.24) is 4.98 Å². The molecule has 2 heterocycles. The normalized spacial score (nSPS) is 21.2. The van der Waals surface area contributed by atoms with Crippen molar-refractivity contribution in [3.63, 3.8) is 0 Å². The highest BCUT2D eigenvalue weighted by Crippen LogP contribution is 2.26. The van der Waals surface area contributed by atoms with Gasteiger partial charge < -0.3 is 24.3 Å². The molecule has 6 nitrogen and oxygen atoms in total. The van der Waals surface area contributed by atoms with E-state index >= 15 is 0 Å². The monoisotopic (exact) mass is 510 g/mol. The molecule has 1 aliphatic rings. The summed E-state index contributed by atoms with van der Waals surface area (Å²) < 4.78 is 25.6. The zero-order valence-electron chi connectivity index (χ0n) is 21.4. The second kappa shape index (κ2) is 13.8. The molecule has 3 aromatic carbocycles. The number of ether oxygens (including phenoxy) is 4. The second-order valence-corrected chi connectivity index (χ2v) is 9.36. The number of hydrogen-bond donors (Lipinski definition) is 1. The fourth-order valence-corrected chi connectivity index (χ4v) is 4.58. The number of nitrogens with one attached hydrogen (secondary N) is 1. The minimum absolute atomic E-state index is 0.153. The first-order valence-electron chi connectivity index (χ1n) is 13.1. The molecule has 0 bridgehead atoms. The Bertz CT molecular complexity index is 1200. The Labute approximate surface area is 224 Å². The second-order valence-electron chi connectivity index (χ2n) is 9.36. The summed E-state index contributed by atoms with van der Waals surface area (Å²) >= 11 is 0. The molecule has 1 saturated heterocycles. The minimum atomic E-state index is -0.357. The molecule has 5 rings (SSSR count). The van der Waals surface area contributed by atoms with Gasteiger partial charge in [0.1, 0.15) is 24.1 Å². The first kappa shape index (κ1) is 26.1. The van der Waals surface area contributed by atoms with Crippen molar-refractivity contribution in [3.05, 3.63) is 132 Å². The molecule has 38 heavy (non-hydrogen) atoms. The number of anilines is 1. The lowest BCUT2D eigenvalue weighted by atomic mass is 9.97. The zero-order chi connectivity index (χ0) is 25.8. The smallest absolute Gasteiger partial charge is 0.126 e. The zero-order valence-corrected chi connectivity index (χ0v) is 21.4. The molecule has 4 atom stereocenters. The third-order valence-electron chi connectivity index (χ3n) is 6.54. The van der Waals surface area contributed by atoms with Crippen LogP contribution < -0.4 is 5.32 Å². The van der Waals surface area contributed by atoms with Crippen LogP contribution >= 0.6 is 0 Å². The lowest BCUT2D eigenvalue weighted by Crippen LogP contribution is -2.59. The maximum Gasteiger partial charge on any atom is 0.126 e. The maximum absolute atomic E-state index is 6.60. The molecule has 6 heteroatoms. The summed E-state index contributed by atoms with van der Waals surface area (Å²) in [6.45, 7) is 2.27. The highest BCUT2D eigenvalue weighted by molar-refractivity contribution is 5.35. The topological polar surface area (TPSA) is 61.8 Å². The van der Waals surface area contributed by atoms with E-state index in [-0.39, 0.29) is 24.4 Å². The van der Waals surface area contributed by atoms with Crippen molar-refractivity contribution >= 4 is 5.82 Å². The van der Waals surface area contributed by atoms with E-state index in [2.05, 4.69) is 46.7 Å². The van der Waals surface area contributed by atoms with Gasteiger partial charge in [-0.2, -0.15) is 0 Å². The molecular formula is C32H34N2O4. The largest absolute Gasteiger partial charge is 0.374 e. The Morgan fingerprint density at radius 2 is 1.21 bits per heavy atom. The number of benzene rings is 3. The van der Waals surface area contributed by atoms with Crippen LogP contribution in [0.2, 0.25) is 0 Å². The van der Waals surface area contributed by atoms with Crippen molar-refractivity contribution in [3.8, 4) is 0 Å². The quantitative estimate of drug-likeness (QED) is 0.266. The Morgan fingerprint density at radius 1 is 0.658 bits per heavy atom. The lowest BCUT2D eigenvalue weighted by Gasteiger charge is -2.42. The summed E-state index contributed by atoms with van der Waals surface area (Å²) in [4.78, 5) is 4.46. The van der Waals surface area contributed by atoms with Gasteiger partial charge in [0.25, 0.3) is 0 Å². The first-order chi connectivity index (χ1) is 18.8. The van der Waals surface area contributed by atoms with Gasteiger partial charge in [0.05, 0.1) is 39.1 Å². The van der Waals surface area contributed by atoms with Gasteiger partial charge in [0.15, 0.2) is 0 Å². The molecule has 0 unspecified atom stereocenters. The predicted octanol–water partition coefficient (Wildman–Crippen LogP) is 5.65. The van der Waals surface area contributed by atoms with Crippen molar-refractivity contribution in [2.75, 3.05) is 18.5 Å². The van der Waals surface area contributed by atoms with E-state index in [0.29, 0.717) is 33.0 Å². The Balaban J connectivity index is 1.34. The van der Waals surface area contributed by atoms with Crippen LogP contribution in [0.15, 0.2) is 115 Å². The SMILES string of the molecule is c1ccc(COC[C@H]2OC[C@H](Nc3ccccn3)[C@@H](OCc3ccccc3)[C@H]2OCc2ccccc2)cc1. The van der Waals surface area contributed by atoms with Crippen LogP contribution in [0.4, 0.5) is 5.82 Å². The van der Waals surface area contributed by atoms with Gasteiger partial charge in [-0.1, -0.05) is 97.1 Å². The third-order valence-corrected chi connectivity index (χ3v) is 6.54. The van der Waals surface area contributed by atoms with E-state index < -0.39 is 0 Å². The summed E-state index contributed by atoms with van der Waals surface area (Å²) in [5.41, 5.74) is 3.32. The molecule has 0 spiro atoms. The fourth-order valence-electron chi connectivity index (χ4n) is 4.58. The van der Waals surface area contributed by atoms with E-state index in [4.69, 9.17) is 18.9 Å². The summed E-state index contributed by atoms with van der Waals surface area (Å²) in [7, 11) is 0. The molecule has 1 aromatic heterocycles. The van der Waals surface area contributed by atoms with Gasteiger partial charge in [0, 0.05) is 6.20 Å². The molecule has 0 saturated carbocycles. The van der Waals surface area contributed by atoms with Gasteiger partial charge in [-0.05, 0) is 28.8 Å². The van der Waals surface area contributed by atoms with E-state index in [9.17, 15) is 0 Å². The molecule has 1 aliphatic heterocycles. The number of hydrogen-bond acceptors (Lipinski definition) is 6. The van der Waals surface area contributed by atoms with E-state index in [1.807, 2.05) is 72.8 Å². The van der Waals surface area contributed by atoms with Crippen LogP contribution in [0.25, 0.3) is 0 Å². The minimum Gasteiger partial charge on any atom is -0.374 e. The maximum atomic E-state index is 6.60. The van der Waals surface area contributed by atoms with Gasteiger partial charge >= 0.3 is 0 Å². The summed E-state index contributed by atoms with van der Waals surface area (Å²) in [6, 6.07) is 36.2. The van der Waals surface area contributed by atoms with Crippen molar-refractivity contribution in [2.45, 2.75) is 44.2 Å². The van der Waals surface area contributed by atoms with Crippen LogP contribution in [0.1, 0.15) is 16.7 Å². The number of aromatic nitrogens is 1. The average molecular weight is 511 g/mol. The summed E-state index contributed by atoms with van der Waals surface area (Å²) in [5, 5.41) is 3.52. The molecule has 4 aromatic rings. The van der Waals surface area contributed by atoms with Crippen molar-refractivity contribution in [1.29, 1.82) is 0 Å². The predicted molar refractivity (Wildman–Crippen MR) is 148 cm³/mol. The van der Waals surface area contributed by atoms with Crippen molar-refractivity contribution < 1.29 is 18.9 Å². The number of rotatable bonds is 12. The highest BCUT2D eigenvalue weighted by atomic mass is 16.6. The molecule has 1 N–H and O–H groups in total. The van der Waals surface area contributed by atoms with E-state index in [1.165, 1.54) is 0 Å². The molecular weight excluding hydrogens is 476 g/mol.